The van der Waals surface area contributed by atoms with Gasteiger partial charge in [-0.05, 0) is 50.4 Å². The van der Waals surface area contributed by atoms with Crippen molar-refractivity contribution in [3.63, 3.8) is 0 Å². The number of ether oxygens (including phenoxy) is 1. The lowest BCUT2D eigenvalue weighted by Gasteiger charge is -2.24. The lowest BCUT2D eigenvalue weighted by Crippen LogP contribution is -2.36. The Hall–Kier alpha value is -1.06. The Bertz CT molecular complexity index is 435. The van der Waals surface area contributed by atoms with Crippen LogP contribution in [0.25, 0.3) is 0 Å². The summed E-state index contributed by atoms with van der Waals surface area (Å²) in [5.41, 5.74) is 1.22. The molecule has 2 aliphatic heterocycles. The summed E-state index contributed by atoms with van der Waals surface area (Å²) in [4.78, 5) is 2.59. The first-order valence-electron chi connectivity index (χ1n) is 7.39. The normalized spacial score (nSPS) is 30.5. The van der Waals surface area contributed by atoms with E-state index in [0.717, 1.165) is 30.7 Å². The molecule has 0 amide bonds. The Morgan fingerprint density at radius 1 is 1.32 bits per heavy atom. The molecule has 3 nitrogen and oxygen atoms in total. The van der Waals surface area contributed by atoms with Gasteiger partial charge in [0.05, 0.1) is 0 Å². The van der Waals surface area contributed by atoms with Gasteiger partial charge in [-0.2, -0.15) is 0 Å². The van der Waals surface area contributed by atoms with Crippen LogP contribution < -0.4 is 10.1 Å². The van der Waals surface area contributed by atoms with Crippen LogP contribution in [-0.4, -0.2) is 43.7 Å². The number of nitrogens with one attached hydrogen (secondary N) is 1. The number of para-hydroxylation sites is 1. The Morgan fingerprint density at radius 2 is 2.16 bits per heavy atom. The van der Waals surface area contributed by atoms with E-state index in [1.807, 2.05) is 6.07 Å². The van der Waals surface area contributed by atoms with E-state index in [4.69, 9.17) is 4.74 Å². The summed E-state index contributed by atoms with van der Waals surface area (Å²) in [5.74, 6) is 2.73. The predicted octanol–water partition coefficient (Wildman–Crippen LogP) is 1.91. The number of nitrogens with zero attached hydrogens (tertiary/aromatic N) is 1. The summed E-state index contributed by atoms with van der Waals surface area (Å²) < 4.78 is 5.91. The quantitative estimate of drug-likeness (QED) is 0.895. The number of hydrogen-bond donors (Lipinski definition) is 1. The Balaban J connectivity index is 1.50. The largest absolute Gasteiger partial charge is 0.492 e. The Labute approximate surface area is 115 Å². The minimum atomic E-state index is 0.695. The molecule has 19 heavy (non-hydrogen) atoms. The molecule has 2 saturated heterocycles. The van der Waals surface area contributed by atoms with Crippen LogP contribution in [0.2, 0.25) is 0 Å². The number of likely N-dealkylation sites (tertiary alicyclic amines) is 1. The van der Waals surface area contributed by atoms with Crippen LogP contribution in [0.5, 0.6) is 5.75 Å². The van der Waals surface area contributed by atoms with E-state index in [2.05, 4.69) is 42.3 Å². The molecule has 3 heteroatoms. The monoisotopic (exact) mass is 260 g/mol. The Kier molecular flexibility index (Phi) is 3.76. The van der Waals surface area contributed by atoms with Crippen molar-refractivity contribution >= 4 is 0 Å². The third-order valence-electron chi connectivity index (χ3n) is 4.79. The first kappa shape index (κ1) is 12.9. The predicted molar refractivity (Wildman–Crippen MR) is 77.6 cm³/mol. The molecule has 0 aliphatic carbocycles. The fourth-order valence-corrected chi connectivity index (χ4v) is 3.54. The number of aryl methyl sites for hydroxylation is 1. The highest BCUT2D eigenvalue weighted by molar-refractivity contribution is 5.31. The second kappa shape index (κ2) is 5.51. The molecule has 2 heterocycles. The van der Waals surface area contributed by atoms with E-state index < -0.39 is 0 Å². The maximum atomic E-state index is 5.91. The fraction of sp³-hybridized carbons (Fsp3) is 0.625. The van der Waals surface area contributed by atoms with Crippen molar-refractivity contribution in [2.75, 3.05) is 32.8 Å². The van der Waals surface area contributed by atoms with Crippen molar-refractivity contribution < 1.29 is 4.74 Å². The lowest BCUT2D eigenvalue weighted by atomic mass is 9.95. The second-order valence-corrected chi connectivity index (χ2v) is 5.93. The molecule has 1 N–H and O–H groups in total. The zero-order valence-electron chi connectivity index (χ0n) is 11.9. The molecule has 2 aliphatic rings. The topological polar surface area (TPSA) is 24.5 Å². The molecule has 3 atom stereocenters. The molecule has 3 rings (SSSR count). The summed E-state index contributed by atoms with van der Waals surface area (Å²) in [6.07, 6.45) is 0. The first-order chi connectivity index (χ1) is 9.25. The number of fused-ring (bicyclic) bond motifs is 1. The van der Waals surface area contributed by atoms with Gasteiger partial charge in [0.2, 0.25) is 0 Å². The van der Waals surface area contributed by atoms with Crippen molar-refractivity contribution in [2.24, 2.45) is 11.8 Å². The van der Waals surface area contributed by atoms with Gasteiger partial charge in [-0.15, -0.1) is 0 Å². The van der Waals surface area contributed by atoms with Crippen LogP contribution >= 0.6 is 0 Å². The van der Waals surface area contributed by atoms with E-state index in [9.17, 15) is 0 Å². The zero-order valence-corrected chi connectivity index (χ0v) is 11.9. The van der Waals surface area contributed by atoms with Gasteiger partial charge in [-0.3, -0.25) is 4.90 Å². The van der Waals surface area contributed by atoms with Crippen molar-refractivity contribution in [1.82, 2.24) is 10.2 Å². The first-order valence-corrected chi connectivity index (χ1v) is 7.39. The van der Waals surface area contributed by atoms with Crippen molar-refractivity contribution in [3.05, 3.63) is 29.8 Å². The molecule has 0 spiro atoms. The zero-order chi connectivity index (χ0) is 13.2. The molecule has 2 fully saturated rings. The van der Waals surface area contributed by atoms with Gasteiger partial charge >= 0.3 is 0 Å². The van der Waals surface area contributed by atoms with Crippen LogP contribution in [0, 0.1) is 18.8 Å². The second-order valence-electron chi connectivity index (χ2n) is 5.93. The third-order valence-corrected chi connectivity index (χ3v) is 4.79. The van der Waals surface area contributed by atoms with E-state index in [1.54, 1.807) is 0 Å². The highest BCUT2D eigenvalue weighted by Crippen LogP contribution is 2.31. The molecule has 0 bridgehead atoms. The summed E-state index contributed by atoms with van der Waals surface area (Å²) in [6.45, 7) is 9.93. The van der Waals surface area contributed by atoms with Gasteiger partial charge in [0, 0.05) is 19.1 Å². The average molecular weight is 260 g/mol. The molecule has 0 saturated carbocycles. The summed E-state index contributed by atoms with van der Waals surface area (Å²) in [5, 5.41) is 3.51. The summed E-state index contributed by atoms with van der Waals surface area (Å²) >= 11 is 0. The molecule has 0 aromatic heterocycles. The highest BCUT2D eigenvalue weighted by atomic mass is 16.5. The summed E-state index contributed by atoms with van der Waals surface area (Å²) in [7, 11) is 0. The van der Waals surface area contributed by atoms with Gasteiger partial charge in [0.25, 0.3) is 0 Å². The average Bonchev–Trinajstić information content (AvgIpc) is 2.96. The van der Waals surface area contributed by atoms with E-state index in [0.29, 0.717) is 6.04 Å². The number of benzene rings is 1. The van der Waals surface area contributed by atoms with E-state index in [-0.39, 0.29) is 0 Å². The van der Waals surface area contributed by atoms with Crippen LogP contribution in [0.3, 0.4) is 0 Å². The van der Waals surface area contributed by atoms with Crippen molar-refractivity contribution in [2.45, 2.75) is 19.9 Å². The standard InChI is InChI=1S/C16H24N2O/c1-12-5-3-4-6-16(12)19-8-7-18-11-14-9-17-10-15(14)13(18)2/h3-6,13-15,17H,7-11H2,1-2H3. The molecular weight excluding hydrogens is 236 g/mol. The maximum Gasteiger partial charge on any atom is 0.122 e. The molecule has 1 aromatic carbocycles. The van der Waals surface area contributed by atoms with E-state index >= 15 is 0 Å². The molecule has 3 unspecified atom stereocenters. The van der Waals surface area contributed by atoms with E-state index in [1.165, 1.54) is 25.2 Å². The lowest BCUT2D eigenvalue weighted by molar-refractivity contribution is 0.188. The SMILES string of the molecule is Cc1ccccc1OCCN1CC2CNCC2C1C. The van der Waals surface area contributed by atoms with Crippen molar-refractivity contribution in [1.29, 1.82) is 0 Å². The minimum Gasteiger partial charge on any atom is -0.492 e. The number of hydrogen-bond acceptors (Lipinski definition) is 3. The van der Waals surface area contributed by atoms with Gasteiger partial charge in [-0.1, -0.05) is 18.2 Å². The molecule has 104 valence electrons. The van der Waals surface area contributed by atoms with Gasteiger partial charge in [0.1, 0.15) is 12.4 Å². The smallest absolute Gasteiger partial charge is 0.122 e. The third kappa shape index (κ3) is 2.63. The number of rotatable bonds is 4. The van der Waals surface area contributed by atoms with Crippen LogP contribution in [0.1, 0.15) is 12.5 Å². The van der Waals surface area contributed by atoms with Crippen LogP contribution in [0.4, 0.5) is 0 Å². The van der Waals surface area contributed by atoms with Gasteiger partial charge < -0.3 is 10.1 Å². The maximum absolute atomic E-state index is 5.91. The Morgan fingerprint density at radius 3 is 2.95 bits per heavy atom. The molecule has 1 aromatic rings. The van der Waals surface area contributed by atoms with Gasteiger partial charge in [-0.25, -0.2) is 0 Å². The fourth-order valence-electron chi connectivity index (χ4n) is 3.54. The van der Waals surface area contributed by atoms with Crippen molar-refractivity contribution in [3.8, 4) is 5.75 Å². The van der Waals surface area contributed by atoms with Crippen LogP contribution in [0.15, 0.2) is 24.3 Å². The molecular formula is C16H24N2O. The highest BCUT2D eigenvalue weighted by Gasteiger charge is 2.41. The molecule has 0 radical (unpaired) electrons. The van der Waals surface area contributed by atoms with Crippen LogP contribution in [-0.2, 0) is 0 Å². The van der Waals surface area contributed by atoms with Gasteiger partial charge in [0.15, 0.2) is 0 Å². The minimum absolute atomic E-state index is 0.695. The summed E-state index contributed by atoms with van der Waals surface area (Å²) in [6, 6.07) is 8.95.